The minimum absolute atomic E-state index is 0.843. The molecular formula is C25H53N. The van der Waals surface area contributed by atoms with Gasteiger partial charge < -0.3 is 4.90 Å². The van der Waals surface area contributed by atoms with Crippen LogP contribution in [0, 0.1) is 23.7 Å². The van der Waals surface area contributed by atoms with E-state index in [0.717, 1.165) is 23.7 Å². The van der Waals surface area contributed by atoms with Crippen molar-refractivity contribution in [2.75, 3.05) is 19.6 Å². The number of hydrogen-bond acceptors (Lipinski definition) is 1. The molecule has 26 heavy (non-hydrogen) atoms. The fourth-order valence-electron chi connectivity index (χ4n) is 4.65. The Kier molecular flexibility index (Phi) is 17.1. The Morgan fingerprint density at radius 1 is 0.615 bits per heavy atom. The quantitative estimate of drug-likeness (QED) is 0.221. The molecule has 0 aromatic carbocycles. The van der Waals surface area contributed by atoms with Crippen molar-refractivity contribution >= 4 is 0 Å². The number of unbranched alkanes of at least 4 members (excludes halogenated alkanes) is 5. The first kappa shape index (κ1) is 26.0. The van der Waals surface area contributed by atoms with Crippen molar-refractivity contribution in [3.8, 4) is 0 Å². The maximum absolute atomic E-state index is 2.82. The van der Waals surface area contributed by atoms with Gasteiger partial charge in [-0.2, -0.15) is 0 Å². The highest BCUT2D eigenvalue weighted by molar-refractivity contribution is 4.71. The molecule has 0 radical (unpaired) electrons. The highest BCUT2D eigenvalue weighted by Gasteiger charge is 2.18. The second-order valence-electron chi connectivity index (χ2n) is 9.18. The largest absolute Gasteiger partial charge is 0.303 e. The van der Waals surface area contributed by atoms with Gasteiger partial charge in [-0.3, -0.25) is 0 Å². The lowest BCUT2D eigenvalue weighted by molar-refractivity contribution is 0.182. The third-order valence-electron chi connectivity index (χ3n) is 6.74. The van der Waals surface area contributed by atoms with Gasteiger partial charge >= 0.3 is 0 Å². The third-order valence-corrected chi connectivity index (χ3v) is 6.74. The minimum atomic E-state index is 0.843. The Balaban J connectivity index is 4.38. The van der Waals surface area contributed by atoms with Crippen LogP contribution in [0.5, 0.6) is 0 Å². The van der Waals surface area contributed by atoms with Gasteiger partial charge in [-0.15, -0.1) is 0 Å². The summed E-state index contributed by atoms with van der Waals surface area (Å²) >= 11 is 0. The molecule has 2 unspecified atom stereocenters. The fourth-order valence-corrected chi connectivity index (χ4v) is 4.65. The van der Waals surface area contributed by atoms with E-state index in [1.54, 1.807) is 0 Å². The van der Waals surface area contributed by atoms with E-state index in [1.807, 2.05) is 0 Å². The fraction of sp³-hybridized carbons (Fsp3) is 1.00. The Bertz CT molecular complexity index is 282. The highest BCUT2D eigenvalue weighted by atomic mass is 15.1. The highest BCUT2D eigenvalue weighted by Crippen LogP contribution is 2.23. The molecule has 0 aliphatic rings. The van der Waals surface area contributed by atoms with Crippen LogP contribution in [-0.4, -0.2) is 24.5 Å². The molecule has 1 nitrogen and oxygen atoms in total. The Morgan fingerprint density at radius 3 is 1.69 bits per heavy atom. The standard InChI is InChI=1S/C25H53N/c1-8-12-13-14-15-16-19-26(21-23(7)24(9-2)10-3)20-17-18-25(11-4)22(5)6/h22-25H,8-21H2,1-7H3. The van der Waals surface area contributed by atoms with Gasteiger partial charge in [-0.05, 0) is 56.0 Å². The van der Waals surface area contributed by atoms with E-state index < -0.39 is 0 Å². The molecule has 0 aliphatic heterocycles. The molecule has 0 aromatic heterocycles. The van der Waals surface area contributed by atoms with Crippen molar-refractivity contribution in [1.82, 2.24) is 4.90 Å². The van der Waals surface area contributed by atoms with Crippen LogP contribution < -0.4 is 0 Å². The molecule has 0 saturated heterocycles. The topological polar surface area (TPSA) is 3.24 Å². The average Bonchev–Trinajstić information content (AvgIpc) is 2.62. The van der Waals surface area contributed by atoms with Crippen LogP contribution in [-0.2, 0) is 0 Å². The molecule has 0 spiro atoms. The summed E-state index contributed by atoms with van der Waals surface area (Å²) in [5.74, 6) is 3.51. The van der Waals surface area contributed by atoms with Gasteiger partial charge in [0.05, 0.1) is 0 Å². The van der Waals surface area contributed by atoms with Crippen LogP contribution in [0.2, 0.25) is 0 Å². The number of hydrogen-bond donors (Lipinski definition) is 0. The molecule has 0 amide bonds. The van der Waals surface area contributed by atoms with E-state index in [-0.39, 0.29) is 0 Å². The number of rotatable bonds is 18. The molecule has 0 fully saturated rings. The van der Waals surface area contributed by atoms with Crippen molar-refractivity contribution in [1.29, 1.82) is 0 Å². The van der Waals surface area contributed by atoms with Gasteiger partial charge in [0.2, 0.25) is 0 Å². The summed E-state index contributed by atoms with van der Waals surface area (Å²) in [4.78, 5) is 2.82. The lowest BCUT2D eigenvalue weighted by Crippen LogP contribution is -2.33. The molecule has 0 aromatic rings. The van der Waals surface area contributed by atoms with Gasteiger partial charge in [0.15, 0.2) is 0 Å². The average molecular weight is 368 g/mol. The second-order valence-corrected chi connectivity index (χ2v) is 9.18. The van der Waals surface area contributed by atoms with Gasteiger partial charge in [-0.25, -0.2) is 0 Å². The summed E-state index contributed by atoms with van der Waals surface area (Å²) in [6.45, 7) is 20.7. The Hall–Kier alpha value is -0.0400. The Labute approximate surface area is 167 Å². The van der Waals surface area contributed by atoms with E-state index in [1.165, 1.54) is 90.3 Å². The summed E-state index contributed by atoms with van der Waals surface area (Å²) in [6, 6.07) is 0. The minimum Gasteiger partial charge on any atom is -0.303 e. The normalized spacial score (nSPS) is 14.5. The molecular weight excluding hydrogens is 314 g/mol. The van der Waals surface area contributed by atoms with Crippen molar-refractivity contribution in [3.05, 3.63) is 0 Å². The van der Waals surface area contributed by atoms with Crippen LogP contribution in [0.25, 0.3) is 0 Å². The molecule has 158 valence electrons. The van der Waals surface area contributed by atoms with Gasteiger partial charge in [0.25, 0.3) is 0 Å². The van der Waals surface area contributed by atoms with Gasteiger partial charge in [0, 0.05) is 6.54 Å². The van der Waals surface area contributed by atoms with E-state index >= 15 is 0 Å². The van der Waals surface area contributed by atoms with Gasteiger partial charge in [0.1, 0.15) is 0 Å². The van der Waals surface area contributed by atoms with Crippen molar-refractivity contribution in [3.63, 3.8) is 0 Å². The van der Waals surface area contributed by atoms with Crippen LogP contribution >= 0.6 is 0 Å². The second kappa shape index (κ2) is 17.1. The molecule has 2 atom stereocenters. The summed E-state index contributed by atoms with van der Waals surface area (Å²) in [5.41, 5.74) is 0. The summed E-state index contributed by atoms with van der Waals surface area (Å²) < 4.78 is 0. The van der Waals surface area contributed by atoms with E-state index in [2.05, 4.69) is 53.4 Å². The zero-order chi connectivity index (χ0) is 19.8. The van der Waals surface area contributed by atoms with E-state index in [4.69, 9.17) is 0 Å². The maximum atomic E-state index is 2.82. The smallest absolute Gasteiger partial charge is 0.000966 e. The lowest BCUT2D eigenvalue weighted by atomic mass is 9.88. The van der Waals surface area contributed by atoms with E-state index in [0.29, 0.717) is 0 Å². The van der Waals surface area contributed by atoms with E-state index in [9.17, 15) is 0 Å². The molecule has 0 saturated carbocycles. The molecule has 0 bridgehead atoms. The SMILES string of the molecule is CCCCCCCCN(CCCC(CC)C(C)C)CC(C)C(CC)CC. The van der Waals surface area contributed by atoms with Crippen LogP contribution in [0.4, 0.5) is 0 Å². The first-order valence-electron chi connectivity index (χ1n) is 12.2. The molecule has 0 aliphatic carbocycles. The van der Waals surface area contributed by atoms with Crippen molar-refractivity contribution in [2.45, 2.75) is 119 Å². The zero-order valence-corrected chi connectivity index (χ0v) is 19.7. The summed E-state index contributed by atoms with van der Waals surface area (Å²) in [7, 11) is 0. The van der Waals surface area contributed by atoms with Crippen LogP contribution in [0.15, 0.2) is 0 Å². The van der Waals surface area contributed by atoms with Gasteiger partial charge in [-0.1, -0.05) is 99.8 Å². The zero-order valence-electron chi connectivity index (χ0n) is 19.7. The first-order valence-corrected chi connectivity index (χ1v) is 12.2. The number of nitrogens with zero attached hydrogens (tertiary/aromatic N) is 1. The maximum Gasteiger partial charge on any atom is 0.000966 e. The predicted molar refractivity (Wildman–Crippen MR) is 121 cm³/mol. The molecule has 0 N–H and O–H groups in total. The van der Waals surface area contributed by atoms with Crippen LogP contribution in [0.3, 0.4) is 0 Å². The molecule has 1 heteroatoms. The summed E-state index contributed by atoms with van der Waals surface area (Å²) in [5, 5.41) is 0. The third kappa shape index (κ3) is 12.4. The monoisotopic (exact) mass is 367 g/mol. The van der Waals surface area contributed by atoms with Crippen molar-refractivity contribution in [2.24, 2.45) is 23.7 Å². The summed E-state index contributed by atoms with van der Waals surface area (Å²) in [6.07, 6.45) is 15.3. The molecule has 0 rings (SSSR count). The molecule has 0 heterocycles. The predicted octanol–water partition coefficient (Wildman–Crippen LogP) is 8.18. The van der Waals surface area contributed by atoms with Crippen molar-refractivity contribution < 1.29 is 0 Å². The van der Waals surface area contributed by atoms with Crippen LogP contribution in [0.1, 0.15) is 119 Å². The Morgan fingerprint density at radius 2 is 1.15 bits per heavy atom. The first-order chi connectivity index (χ1) is 12.5. The lowest BCUT2D eigenvalue weighted by Gasteiger charge is -2.30.